The average Bonchev–Trinajstić information content (AvgIpc) is 3.29. The Hall–Kier alpha value is -2.79. The highest BCUT2D eigenvalue weighted by molar-refractivity contribution is 7.89. The minimum atomic E-state index is -3.77. The van der Waals surface area contributed by atoms with E-state index in [1.807, 2.05) is 24.3 Å². The molecule has 0 radical (unpaired) electrons. The highest BCUT2D eigenvalue weighted by atomic mass is 32.2. The Balaban J connectivity index is 1.58. The van der Waals surface area contributed by atoms with Gasteiger partial charge in [0.2, 0.25) is 10.0 Å². The van der Waals surface area contributed by atoms with Crippen molar-refractivity contribution in [2.45, 2.75) is 31.2 Å². The number of anilines is 2. The third-order valence-electron chi connectivity index (χ3n) is 5.19. The minimum Gasteiger partial charge on any atom is -0.367 e. The van der Waals surface area contributed by atoms with Crippen molar-refractivity contribution in [2.75, 3.05) is 36.4 Å². The van der Waals surface area contributed by atoms with E-state index in [1.165, 1.54) is 11.3 Å². The summed E-state index contributed by atoms with van der Waals surface area (Å²) in [6.07, 6.45) is 0. The van der Waals surface area contributed by atoms with E-state index >= 15 is 0 Å². The number of nitrogens with zero attached hydrogens (tertiary/aromatic N) is 2. The first-order chi connectivity index (χ1) is 16.1. The van der Waals surface area contributed by atoms with E-state index in [0.29, 0.717) is 10.6 Å². The van der Waals surface area contributed by atoms with Crippen LogP contribution in [0.4, 0.5) is 11.4 Å². The van der Waals surface area contributed by atoms with Crippen LogP contribution in [0.2, 0.25) is 0 Å². The highest BCUT2D eigenvalue weighted by Crippen LogP contribution is 2.31. The lowest BCUT2D eigenvalue weighted by Crippen LogP contribution is -2.43. The molecule has 3 aromatic rings. The SMILES string of the molecule is CC(C)(C)NS(=O)(=O)c1ccccc1-c1nc(C(=O)Nc2ccccc2N2CCNCC2)cs1. The third kappa shape index (κ3) is 5.64. The summed E-state index contributed by atoms with van der Waals surface area (Å²) in [7, 11) is -3.77. The quantitative estimate of drug-likeness (QED) is 0.479. The van der Waals surface area contributed by atoms with Gasteiger partial charge < -0.3 is 15.5 Å². The molecule has 1 saturated heterocycles. The van der Waals surface area contributed by atoms with Crippen LogP contribution in [0.1, 0.15) is 31.3 Å². The monoisotopic (exact) mass is 499 g/mol. The standard InChI is InChI=1S/C24H29N5O3S2/c1-24(2,3)28-34(31,32)21-11-7-4-8-17(21)23-27-19(16-33-23)22(30)26-18-9-5-6-10-20(18)29-14-12-25-13-15-29/h4-11,16,25,28H,12-15H2,1-3H3,(H,26,30). The molecule has 8 nitrogen and oxygen atoms in total. The van der Waals surface area contributed by atoms with E-state index in [9.17, 15) is 13.2 Å². The van der Waals surface area contributed by atoms with Gasteiger partial charge in [-0.05, 0) is 39.0 Å². The minimum absolute atomic E-state index is 0.135. The molecule has 10 heteroatoms. The van der Waals surface area contributed by atoms with Gasteiger partial charge in [-0.3, -0.25) is 4.79 Å². The number of piperazine rings is 1. The second kappa shape index (κ2) is 9.83. The van der Waals surface area contributed by atoms with Crippen LogP contribution >= 0.6 is 11.3 Å². The molecule has 0 atom stereocenters. The largest absolute Gasteiger partial charge is 0.367 e. The topological polar surface area (TPSA) is 103 Å². The van der Waals surface area contributed by atoms with Crippen molar-refractivity contribution in [1.29, 1.82) is 0 Å². The highest BCUT2D eigenvalue weighted by Gasteiger charge is 2.26. The summed E-state index contributed by atoms with van der Waals surface area (Å²) in [6.45, 7) is 8.88. The molecule has 4 rings (SSSR count). The summed E-state index contributed by atoms with van der Waals surface area (Å²) in [6, 6.07) is 14.4. The molecule has 1 fully saturated rings. The number of para-hydroxylation sites is 2. The molecule has 1 amide bonds. The predicted octanol–water partition coefficient (Wildman–Crippen LogP) is 3.55. The Morgan fingerprint density at radius 3 is 2.47 bits per heavy atom. The zero-order chi connectivity index (χ0) is 24.3. The molecule has 0 aliphatic carbocycles. The molecule has 2 aromatic carbocycles. The maximum Gasteiger partial charge on any atom is 0.275 e. The zero-order valence-electron chi connectivity index (χ0n) is 19.5. The van der Waals surface area contributed by atoms with Crippen molar-refractivity contribution in [3.63, 3.8) is 0 Å². The van der Waals surface area contributed by atoms with Crippen LogP contribution in [0.3, 0.4) is 0 Å². The van der Waals surface area contributed by atoms with E-state index in [2.05, 4.69) is 25.2 Å². The first-order valence-electron chi connectivity index (χ1n) is 11.1. The number of benzene rings is 2. The number of carbonyl (C=O) groups excluding carboxylic acids is 1. The number of hydrogen-bond donors (Lipinski definition) is 3. The second-order valence-corrected chi connectivity index (χ2v) is 11.6. The van der Waals surface area contributed by atoms with Gasteiger partial charge in [-0.1, -0.05) is 30.3 Å². The number of thiazole rings is 1. The summed E-state index contributed by atoms with van der Waals surface area (Å²) >= 11 is 1.24. The Kier molecular flexibility index (Phi) is 7.04. The summed E-state index contributed by atoms with van der Waals surface area (Å²) in [5.74, 6) is -0.335. The van der Waals surface area contributed by atoms with Crippen LogP contribution in [0.5, 0.6) is 0 Å². The molecule has 1 aliphatic heterocycles. The number of carbonyl (C=O) groups is 1. The number of aromatic nitrogens is 1. The van der Waals surface area contributed by atoms with Crippen molar-refractivity contribution >= 4 is 38.6 Å². The number of rotatable bonds is 6. The van der Waals surface area contributed by atoms with Gasteiger partial charge in [-0.25, -0.2) is 18.1 Å². The summed E-state index contributed by atoms with van der Waals surface area (Å²) < 4.78 is 28.7. The lowest BCUT2D eigenvalue weighted by Gasteiger charge is -2.31. The summed E-state index contributed by atoms with van der Waals surface area (Å²) in [5.41, 5.74) is 1.77. The van der Waals surface area contributed by atoms with Crippen LogP contribution in [0.25, 0.3) is 10.6 Å². The molecular formula is C24H29N5O3S2. The van der Waals surface area contributed by atoms with Crippen molar-refractivity contribution in [3.8, 4) is 10.6 Å². The van der Waals surface area contributed by atoms with E-state index in [0.717, 1.165) is 37.6 Å². The van der Waals surface area contributed by atoms with Crippen molar-refractivity contribution < 1.29 is 13.2 Å². The molecule has 0 saturated carbocycles. The lowest BCUT2D eigenvalue weighted by atomic mass is 10.1. The van der Waals surface area contributed by atoms with Crippen LogP contribution < -0.4 is 20.3 Å². The summed E-state index contributed by atoms with van der Waals surface area (Å²) in [4.78, 5) is 19.9. The molecule has 3 N–H and O–H groups in total. The van der Waals surface area contributed by atoms with Gasteiger partial charge in [-0.2, -0.15) is 0 Å². The number of nitrogens with one attached hydrogen (secondary N) is 3. The van der Waals surface area contributed by atoms with Gasteiger partial charge in [0.1, 0.15) is 10.7 Å². The maximum absolute atomic E-state index is 13.0. The molecule has 34 heavy (non-hydrogen) atoms. The van der Waals surface area contributed by atoms with E-state index in [-0.39, 0.29) is 16.5 Å². The van der Waals surface area contributed by atoms with Gasteiger partial charge in [0.05, 0.1) is 16.3 Å². The van der Waals surface area contributed by atoms with Crippen molar-refractivity contribution in [2.24, 2.45) is 0 Å². The predicted molar refractivity (Wildman–Crippen MR) is 137 cm³/mol. The Morgan fingerprint density at radius 1 is 1.06 bits per heavy atom. The fourth-order valence-corrected chi connectivity index (χ4v) is 6.32. The molecule has 1 aromatic heterocycles. The van der Waals surface area contributed by atoms with Gasteiger partial charge in [-0.15, -0.1) is 11.3 Å². The second-order valence-electron chi connectivity index (χ2n) is 9.10. The van der Waals surface area contributed by atoms with E-state index < -0.39 is 15.6 Å². The fourth-order valence-electron chi connectivity index (χ4n) is 3.78. The Labute approximate surface area is 204 Å². The molecular weight excluding hydrogens is 470 g/mol. The van der Waals surface area contributed by atoms with Gasteiger partial charge in [0, 0.05) is 42.7 Å². The number of hydrogen-bond acceptors (Lipinski definition) is 7. The lowest BCUT2D eigenvalue weighted by molar-refractivity contribution is 0.102. The first-order valence-corrected chi connectivity index (χ1v) is 13.5. The normalized spacial score (nSPS) is 14.7. The van der Waals surface area contributed by atoms with Gasteiger partial charge in [0.25, 0.3) is 5.91 Å². The number of amides is 1. The fraction of sp³-hybridized carbons (Fsp3) is 0.333. The van der Waals surface area contributed by atoms with Crippen LogP contribution in [0.15, 0.2) is 58.8 Å². The average molecular weight is 500 g/mol. The van der Waals surface area contributed by atoms with Crippen LogP contribution in [-0.2, 0) is 10.0 Å². The molecule has 1 aliphatic rings. The smallest absolute Gasteiger partial charge is 0.275 e. The summed E-state index contributed by atoms with van der Waals surface area (Å²) in [5, 5.41) is 8.43. The van der Waals surface area contributed by atoms with Gasteiger partial charge in [0.15, 0.2) is 0 Å². The Bertz CT molecular complexity index is 1280. The molecule has 180 valence electrons. The van der Waals surface area contributed by atoms with Crippen molar-refractivity contribution in [1.82, 2.24) is 15.0 Å². The Morgan fingerprint density at radius 2 is 1.74 bits per heavy atom. The van der Waals surface area contributed by atoms with Gasteiger partial charge >= 0.3 is 0 Å². The third-order valence-corrected chi connectivity index (χ3v) is 7.89. The number of sulfonamides is 1. The van der Waals surface area contributed by atoms with Crippen LogP contribution in [0, 0.1) is 0 Å². The van der Waals surface area contributed by atoms with E-state index in [4.69, 9.17) is 0 Å². The van der Waals surface area contributed by atoms with Crippen LogP contribution in [-0.4, -0.2) is 51.0 Å². The molecule has 0 unspecified atom stereocenters. The molecule has 0 spiro atoms. The molecule has 0 bridgehead atoms. The first kappa shape index (κ1) is 24.3. The molecule has 2 heterocycles. The maximum atomic E-state index is 13.0. The zero-order valence-corrected chi connectivity index (χ0v) is 21.1. The van der Waals surface area contributed by atoms with E-state index in [1.54, 1.807) is 50.4 Å². The van der Waals surface area contributed by atoms with Crippen molar-refractivity contribution in [3.05, 3.63) is 59.6 Å².